The summed E-state index contributed by atoms with van der Waals surface area (Å²) in [5.74, 6) is -1.22. The Bertz CT molecular complexity index is 2180. The van der Waals surface area contributed by atoms with Gasteiger partial charge in [0.25, 0.3) is 0 Å². The van der Waals surface area contributed by atoms with E-state index >= 15 is 4.39 Å². The number of aromatic amines is 2. The van der Waals surface area contributed by atoms with E-state index in [1.807, 2.05) is 6.92 Å². The summed E-state index contributed by atoms with van der Waals surface area (Å²) in [4.78, 5) is 32.8. The molecule has 5 heterocycles. The number of sulfone groups is 1. The fourth-order valence-corrected chi connectivity index (χ4v) is 5.66. The Morgan fingerprint density at radius 3 is 2.58 bits per heavy atom. The third-order valence-corrected chi connectivity index (χ3v) is 8.19. The molecular weight excluding hydrogens is 602 g/mol. The van der Waals surface area contributed by atoms with Crippen LogP contribution < -0.4 is 5.32 Å². The van der Waals surface area contributed by atoms with Crippen LogP contribution in [0.5, 0.6) is 0 Å². The molecule has 0 fully saturated rings. The average molecular weight is 631 g/mol. The third-order valence-electron chi connectivity index (χ3n) is 7.25. The number of carbonyl (C=O) groups is 1. The van der Waals surface area contributed by atoms with Crippen LogP contribution in [0.15, 0.2) is 55.2 Å². The van der Waals surface area contributed by atoms with Crippen molar-refractivity contribution in [3.63, 3.8) is 0 Å². The van der Waals surface area contributed by atoms with Crippen molar-refractivity contribution < 1.29 is 22.0 Å². The standard InChI is InChI=1S/C31H28F2N8O3S/c1-3-4-5-25(42)37-21-11-19(12-34-13-21)28-27(33)26-23(16-36-28)40-41-30(26)31-38-24-15-35-14-22(29(24)39-31)18-8-17(9-20(32)10-18)6-7-45(2,43)44/h8-16H,3-7H2,1-2H3,(H,37,42)(H,38,39)(H,40,41). The molecule has 0 aliphatic carbocycles. The number of imidazole rings is 1. The molecule has 0 unspecified atom stereocenters. The number of rotatable bonds is 10. The first-order chi connectivity index (χ1) is 21.6. The van der Waals surface area contributed by atoms with Crippen molar-refractivity contribution in [3.05, 3.63) is 72.4 Å². The molecular formula is C31H28F2N8O3S. The first-order valence-electron chi connectivity index (χ1n) is 14.2. The van der Waals surface area contributed by atoms with E-state index in [2.05, 4.69) is 35.5 Å². The summed E-state index contributed by atoms with van der Waals surface area (Å²) in [6.45, 7) is 2.00. The number of hydrogen-bond donors (Lipinski definition) is 3. The fourth-order valence-electron chi connectivity index (χ4n) is 5.06. The summed E-state index contributed by atoms with van der Waals surface area (Å²) in [6, 6.07) is 5.93. The molecule has 3 N–H and O–H groups in total. The second kappa shape index (κ2) is 12.1. The average Bonchev–Trinajstić information content (AvgIpc) is 3.63. The van der Waals surface area contributed by atoms with Gasteiger partial charge in [-0.1, -0.05) is 19.4 Å². The number of H-pyrrole nitrogens is 2. The number of fused-ring (bicyclic) bond motifs is 2. The highest BCUT2D eigenvalue weighted by Crippen LogP contribution is 2.35. The number of unbranched alkanes of at least 4 members (excludes halogenated alkanes) is 1. The molecule has 0 radical (unpaired) electrons. The van der Waals surface area contributed by atoms with Gasteiger partial charge in [-0.15, -0.1) is 0 Å². The highest BCUT2D eigenvalue weighted by atomic mass is 32.2. The minimum Gasteiger partial charge on any atom is -0.335 e. The highest BCUT2D eigenvalue weighted by molar-refractivity contribution is 7.90. The molecule has 0 aliphatic heterocycles. The Kier molecular flexibility index (Phi) is 8.06. The minimum absolute atomic E-state index is 0.0159. The van der Waals surface area contributed by atoms with Gasteiger partial charge >= 0.3 is 0 Å². The van der Waals surface area contributed by atoms with Gasteiger partial charge < -0.3 is 10.3 Å². The van der Waals surface area contributed by atoms with E-state index in [1.54, 1.807) is 18.3 Å². The van der Waals surface area contributed by atoms with Gasteiger partial charge in [-0.05, 0) is 42.2 Å². The van der Waals surface area contributed by atoms with Gasteiger partial charge in [0.2, 0.25) is 5.91 Å². The molecule has 1 amide bonds. The monoisotopic (exact) mass is 630 g/mol. The van der Waals surface area contributed by atoms with E-state index in [1.165, 1.54) is 36.9 Å². The van der Waals surface area contributed by atoms with Gasteiger partial charge in [-0.2, -0.15) is 5.10 Å². The molecule has 0 spiro atoms. The number of anilines is 1. The SMILES string of the molecule is CCCCC(=O)Nc1cncc(-c2ncc3[nH]nc(-c4nc5c(-c6cc(F)cc(CCS(C)(=O)=O)c6)cncc5[nH]4)c3c2F)c1. The molecule has 1 aromatic carbocycles. The lowest BCUT2D eigenvalue weighted by atomic mass is 10.0. The number of benzene rings is 1. The quantitative estimate of drug-likeness (QED) is 0.176. The van der Waals surface area contributed by atoms with Crippen LogP contribution in [0.1, 0.15) is 31.7 Å². The van der Waals surface area contributed by atoms with Crippen molar-refractivity contribution in [1.29, 1.82) is 0 Å². The van der Waals surface area contributed by atoms with Gasteiger partial charge in [-0.3, -0.25) is 24.8 Å². The number of nitrogens with zero attached hydrogens (tertiary/aromatic N) is 5. The van der Waals surface area contributed by atoms with Gasteiger partial charge in [0.15, 0.2) is 11.6 Å². The topological polar surface area (TPSA) is 159 Å². The zero-order chi connectivity index (χ0) is 31.7. The molecule has 6 aromatic rings. The van der Waals surface area contributed by atoms with Crippen LogP contribution in [0.3, 0.4) is 0 Å². The minimum atomic E-state index is -3.24. The first-order valence-corrected chi connectivity index (χ1v) is 16.2. The summed E-state index contributed by atoms with van der Waals surface area (Å²) < 4.78 is 54.1. The Hall–Kier alpha value is -5.11. The maximum absolute atomic E-state index is 16.2. The van der Waals surface area contributed by atoms with E-state index < -0.39 is 21.5 Å². The Balaban J connectivity index is 1.38. The third kappa shape index (κ3) is 6.41. The van der Waals surface area contributed by atoms with Crippen molar-refractivity contribution in [2.24, 2.45) is 0 Å². The molecule has 14 heteroatoms. The van der Waals surface area contributed by atoms with E-state index in [-0.39, 0.29) is 40.7 Å². The number of pyridine rings is 3. The van der Waals surface area contributed by atoms with Crippen LogP contribution in [0.2, 0.25) is 0 Å². The molecule has 0 aliphatic rings. The van der Waals surface area contributed by atoms with Crippen molar-refractivity contribution in [2.75, 3.05) is 17.3 Å². The van der Waals surface area contributed by atoms with E-state index in [0.29, 0.717) is 50.9 Å². The number of aromatic nitrogens is 7. The summed E-state index contributed by atoms with van der Waals surface area (Å²) in [5, 5.41) is 10.0. The number of carbonyl (C=O) groups excluding carboxylic acids is 1. The van der Waals surface area contributed by atoms with Gasteiger partial charge in [0.1, 0.15) is 27.0 Å². The zero-order valence-corrected chi connectivity index (χ0v) is 25.2. The lowest BCUT2D eigenvalue weighted by Crippen LogP contribution is -2.11. The predicted molar refractivity (Wildman–Crippen MR) is 167 cm³/mol. The van der Waals surface area contributed by atoms with Crippen molar-refractivity contribution in [3.8, 4) is 33.9 Å². The van der Waals surface area contributed by atoms with Crippen molar-refractivity contribution in [1.82, 2.24) is 35.1 Å². The molecule has 0 atom stereocenters. The van der Waals surface area contributed by atoms with Crippen LogP contribution in [0.25, 0.3) is 55.8 Å². The van der Waals surface area contributed by atoms with Gasteiger partial charge in [-0.25, -0.2) is 22.2 Å². The van der Waals surface area contributed by atoms with Crippen LogP contribution in [0, 0.1) is 11.6 Å². The lowest BCUT2D eigenvalue weighted by molar-refractivity contribution is -0.116. The highest BCUT2D eigenvalue weighted by Gasteiger charge is 2.22. The summed E-state index contributed by atoms with van der Waals surface area (Å²) in [6.07, 6.45) is 10.8. The largest absolute Gasteiger partial charge is 0.335 e. The molecule has 0 bridgehead atoms. The van der Waals surface area contributed by atoms with E-state index in [4.69, 9.17) is 4.98 Å². The zero-order valence-electron chi connectivity index (χ0n) is 24.4. The normalized spacial score (nSPS) is 11.8. The molecule has 0 saturated heterocycles. The Labute approximate surface area is 256 Å². The summed E-state index contributed by atoms with van der Waals surface area (Å²) in [5.41, 5.74) is 3.77. The van der Waals surface area contributed by atoms with Gasteiger partial charge in [0, 0.05) is 36.2 Å². The molecule has 230 valence electrons. The number of hydrogen-bond acceptors (Lipinski definition) is 8. The number of aryl methyl sites for hydroxylation is 1. The Morgan fingerprint density at radius 2 is 1.78 bits per heavy atom. The second-order valence-corrected chi connectivity index (χ2v) is 13.1. The molecule has 6 rings (SSSR count). The van der Waals surface area contributed by atoms with Crippen LogP contribution in [0.4, 0.5) is 14.5 Å². The summed E-state index contributed by atoms with van der Waals surface area (Å²) in [7, 11) is -3.24. The Morgan fingerprint density at radius 1 is 0.956 bits per heavy atom. The number of amides is 1. The van der Waals surface area contributed by atoms with Crippen molar-refractivity contribution in [2.45, 2.75) is 32.6 Å². The van der Waals surface area contributed by atoms with Gasteiger partial charge in [0.05, 0.1) is 52.0 Å². The van der Waals surface area contributed by atoms with Crippen LogP contribution in [-0.4, -0.2) is 61.5 Å². The lowest BCUT2D eigenvalue weighted by Gasteiger charge is -2.08. The van der Waals surface area contributed by atoms with Crippen LogP contribution in [-0.2, 0) is 21.1 Å². The molecule has 45 heavy (non-hydrogen) atoms. The smallest absolute Gasteiger partial charge is 0.224 e. The van der Waals surface area contributed by atoms with E-state index in [0.717, 1.165) is 19.1 Å². The number of halogens is 2. The second-order valence-electron chi connectivity index (χ2n) is 10.8. The maximum Gasteiger partial charge on any atom is 0.224 e. The predicted octanol–water partition coefficient (Wildman–Crippen LogP) is 5.62. The first kappa shape index (κ1) is 29.9. The molecule has 11 nitrogen and oxygen atoms in total. The fraction of sp³-hybridized carbons (Fsp3) is 0.226. The molecule has 5 aromatic heterocycles. The maximum atomic E-state index is 16.2. The summed E-state index contributed by atoms with van der Waals surface area (Å²) >= 11 is 0. The molecule has 0 saturated carbocycles. The van der Waals surface area contributed by atoms with E-state index in [9.17, 15) is 17.6 Å². The number of nitrogens with one attached hydrogen (secondary N) is 3. The van der Waals surface area contributed by atoms with Crippen LogP contribution >= 0.6 is 0 Å². The van der Waals surface area contributed by atoms with Crippen molar-refractivity contribution >= 4 is 43.4 Å².